The number of nitrogens with one attached hydrogen (secondary N) is 2. The van der Waals surface area contributed by atoms with Gasteiger partial charge in [-0.3, -0.25) is 9.59 Å². The normalized spacial score (nSPS) is 16.2. The first kappa shape index (κ1) is 19.8. The molecule has 0 bridgehead atoms. The monoisotopic (exact) mass is 473 g/mol. The highest BCUT2D eigenvalue weighted by Gasteiger charge is 2.35. The van der Waals surface area contributed by atoms with E-state index in [0.717, 1.165) is 26.7 Å². The molecule has 1 aliphatic heterocycles. The summed E-state index contributed by atoms with van der Waals surface area (Å²) in [4.78, 5) is 30.7. The SMILES string of the molecule is COc1ccc(CNC(=O)C2CSCN2C(=O)c2c[nH]c3ccccc23)cc1Br. The lowest BCUT2D eigenvalue weighted by atomic mass is 10.1. The number of halogens is 1. The Morgan fingerprint density at radius 2 is 2.14 bits per heavy atom. The summed E-state index contributed by atoms with van der Waals surface area (Å²) in [5, 5.41) is 3.83. The molecule has 1 saturated heterocycles. The fourth-order valence-electron chi connectivity index (χ4n) is 3.39. The van der Waals surface area contributed by atoms with Gasteiger partial charge in [0.05, 0.1) is 23.0 Å². The topological polar surface area (TPSA) is 74.4 Å². The van der Waals surface area contributed by atoms with Crippen molar-refractivity contribution in [2.75, 3.05) is 18.7 Å². The molecule has 2 heterocycles. The third-order valence-electron chi connectivity index (χ3n) is 4.95. The van der Waals surface area contributed by atoms with E-state index in [0.29, 0.717) is 23.7 Å². The second kappa shape index (κ2) is 8.51. The largest absolute Gasteiger partial charge is 0.496 e. The summed E-state index contributed by atoms with van der Waals surface area (Å²) >= 11 is 5.04. The van der Waals surface area contributed by atoms with E-state index >= 15 is 0 Å². The first-order valence-corrected chi connectivity index (χ1v) is 11.1. The Bertz CT molecular complexity index is 1070. The average molecular weight is 474 g/mol. The average Bonchev–Trinajstić information content (AvgIpc) is 3.39. The summed E-state index contributed by atoms with van der Waals surface area (Å²) < 4.78 is 6.06. The minimum atomic E-state index is -0.483. The van der Waals surface area contributed by atoms with Crippen molar-refractivity contribution in [3.05, 3.63) is 64.3 Å². The lowest BCUT2D eigenvalue weighted by Crippen LogP contribution is -2.47. The van der Waals surface area contributed by atoms with E-state index in [1.54, 1.807) is 30.0 Å². The molecule has 2 aromatic carbocycles. The van der Waals surface area contributed by atoms with Crippen molar-refractivity contribution in [2.45, 2.75) is 12.6 Å². The molecule has 2 N–H and O–H groups in total. The molecule has 1 fully saturated rings. The quantitative estimate of drug-likeness (QED) is 0.591. The predicted molar refractivity (Wildman–Crippen MR) is 118 cm³/mol. The van der Waals surface area contributed by atoms with Gasteiger partial charge in [-0.25, -0.2) is 0 Å². The Kier molecular flexibility index (Phi) is 5.82. The number of nitrogens with zero attached hydrogens (tertiary/aromatic N) is 1. The molecule has 4 rings (SSSR count). The number of thioether (sulfide) groups is 1. The molecule has 6 nitrogen and oxygen atoms in total. The maximum atomic E-state index is 13.1. The molecule has 1 atom stereocenters. The lowest BCUT2D eigenvalue weighted by Gasteiger charge is -2.23. The van der Waals surface area contributed by atoms with Crippen LogP contribution in [-0.4, -0.2) is 46.5 Å². The number of para-hydroxylation sites is 1. The number of aromatic amines is 1. The van der Waals surface area contributed by atoms with E-state index < -0.39 is 6.04 Å². The van der Waals surface area contributed by atoms with E-state index in [-0.39, 0.29) is 11.8 Å². The Labute approximate surface area is 181 Å². The molecule has 0 aliphatic carbocycles. The molecule has 1 aromatic heterocycles. The number of hydrogen-bond acceptors (Lipinski definition) is 4. The number of benzene rings is 2. The van der Waals surface area contributed by atoms with Crippen molar-refractivity contribution in [1.29, 1.82) is 0 Å². The van der Waals surface area contributed by atoms with Gasteiger partial charge in [0.25, 0.3) is 5.91 Å². The van der Waals surface area contributed by atoms with Crippen molar-refractivity contribution in [3.8, 4) is 5.75 Å². The fourth-order valence-corrected chi connectivity index (χ4v) is 5.13. The fraction of sp³-hybridized carbons (Fsp3) is 0.238. The van der Waals surface area contributed by atoms with Gasteiger partial charge in [0, 0.05) is 29.4 Å². The zero-order valence-electron chi connectivity index (χ0n) is 15.8. The Morgan fingerprint density at radius 1 is 1.31 bits per heavy atom. The number of ether oxygens (including phenoxy) is 1. The second-order valence-electron chi connectivity index (χ2n) is 6.73. The number of methoxy groups -OCH3 is 1. The van der Waals surface area contributed by atoms with Gasteiger partial charge in [0.2, 0.25) is 5.91 Å². The first-order chi connectivity index (χ1) is 14.1. The van der Waals surface area contributed by atoms with E-state index in [1.165, 1.54) is 0 Å². The molecule has 2 amide bonds. The Hall–Kier alpha value is -2.45. The van der Waals surface area contributed by atoms with Crippen molar-refractivity contribution < 1.29 is 14.3 Å². The third-order valence-corrected chi connectivity index (χ3v) is 6.58. The van der Waals surface area contributed by atoms with Crippen molar-refractivity contribution in [3.63, 3.8) is 0 Å². The molecule has 0 spiro atoms. The number of H-pyrrole nitrogens is 1. The molecule has 3 aromatic rings. The molecule has 8 heteroatoms. The van der Waals surface area contributed by atoms with Crippen LogP contribution >= 0.6 is 27.7 Å². The van der Waals surface area contributed by atoms with Crippen LogP contribution in [0.15, 0.2) is 53.1 Å². The molecule has 0 radical (unpaired) electrons. The number of fused-ring (bicyclic) bond motifs is 1. The van der Waals surface area contributed by atoms with Gasteiger partial charge in [-0.05, 0) is 39.7 Å². The van der Waals surface area contributed by atoms with E-state index in [2.05, 4.69) is 26.2 Å². The van der Waals surface area contributed by atoms with Gasteiger partial charge in [0.1, 0.15) is 11.8 Å². The summed E-state index contributed by atoms with van der Waals surface area (Å²) in [7, 11) is 1.61. The molecule has 1 aliphatic rings. The molecule has 150 valence electrons. The van der Waals surface area contributed by atoms with Crippen LogP contribution in [0.2, 0.25) is 0 Å². The van der Waals surface area contributed by atoms with Gasteiger partial charge in [0.15, 0.2) is 0 Å². The number of carbonyl (C=O) groups is 2. The van der Waals surface area contributed by atoms with Crippen LogP contribution in [0.1, 0.15) is 15.9 Å². The van der Waals surface area contributed by atoms with Crippen LogP contribution < -0.4 is 10.1 Å². The number of rotatable bonds is 5. The van der Waals surface area contributed by atoms with E-state index in [9.17, 15) is 9.59 Å². The highest BCUT2D eigenvalue weighted by molar-refractivity contribution is 9.10. The van der Waals surface area contributed by atoms with Gasteiger partial charge in [-0.1, -0.05) is 24.3 Å². The van der Waals surface area contributed by atoms with Crippen LogP contribution in [0.3, 0.4) is 0 Å². The zero-order chi connectivity index (χ0) is 20.4. The first-order valence-electron chi connectivity index (χ1n) is 9.13. The summed E-state index contributed by atoms with van der Waals surface area (Å²) in [5.41, 5.74) is 2.46. The smallest absolute Gasteiger partial charge is 0.257 e. The van der Waals surface area contributed by atoms with E-state index in [4.69, 9.17) is 4.74 Å². The molecule has 0 saturated carbocycles. The number of hydrogen-bond donors (Lipinski definition) is 2. The molecular formula is C21H20BrN3O3S. The van der Waals surface area contributed by atoms with Crippen LogP contribution in [-0.2, 0) is 11.3 Å². The lowest BCUT2D eigenvalue weighted by molar-refractivity contribution is -0.124. The van der Waals surface area contributed by atoms with Crippen LogP contribution in [0.5, 0.6) is 5.75 Å². The molecule has 29 heavy (non-hydrogen) atoms. The molecule has 1 unspecified atom stereocenters. The molecular weight excluding hydrogens is 454 g/mol. The predicted octanol–water partition coefficient (Wildman–Crippen LogP) is 3.77. The van der Waals surface area contributed by atoms with Crippen molar-refractivity contribution in [2.24, 2.45) is 0 Å². The maximum absolute atomic E-state index is 13.1. The standard InChI is InChI=1S/C21H20BrN3O3S/c1-28-19-7-6-13(8-16(19)22)9-24-20(26)18-11-29-12-25(18)21(27)15-10-23-17-5-3-2-4-14(15)17/h2-8,10,18,23H,9,11-12H2,1H3,(H,24,26). The summed E-state index contributed by atoms with van der Waals surface area (Å²) in [6.07, 6.45) is 1.72. The summed E-state index contributed by atoms with van der Waals surface area (Å²) in [5.74, 6) is 1.56. The number of carbonyl (C=O) groups excluding carboxylic acids is 2. The zero-order valence-corrected chi connectivity index (χ0v) is 18.2. The third kappa shape index (κ3) is 4.00. The highest BCUT2D eigenvalue weighted by Crippen LogP contribution is 2.27. The van der Waals surface area contributed by atoms with Crippen LogP contribution in [0, 0.1) is 0 Å². The maximum Gasteiger partial charge on any atom is 0.257 e. The number of amides is 2. The Balaban J connectivity index is 1.45. The minimum absolute atomic E-state index is 0.125. The summed E-state index contributed by atoms with van der Waals surface area (Å²) in [6.45, 7) is 0.387. The van der Waals surface area contributed by atoms with Gasteiger partial charge in [-0.15, -0.1) is 11.8 Å². The highest BCUT2D eigenvalue weighted by atomic mass is 79.9. The van der Waals surface area contributed by atoms with Gasteiger partial charge in [-0.2, -0.15) is 0 Å². The number of aromatic nitrogens is 1. The minimum Gasteiger partial charge on any atom is -0.496 e. The Morgan fingerprint density at radius 3 is 2.93 bits per heavy atom. The van der Waals surface area contributed by atoms with Gasteiger partial charge < -0.3 is 19.9 Å². The second-order valence-corrected chi connectivity index (χ2v) is 8.58. The van der Waals surface area contributed by atoms with Crippen molar-refractivity contribution >= 4 is 50.4 Å². The van der Waals surface area contributed by atoms with Crippen molar-refractivity contribution in [1.82, 2.24) is 15.2 Å². The van der Waals surface area contributed by atoms with Crippen LogP contribution in [0.4, 0.5) is 0 Å². The van der Waals surface area contributed by atoms with Gasteiger partial charge >= 0.3 is 0 Å². The van der Waals surface area contributed by atoms with E-state index in [1.807, 2.05) is 42.5 Å². The van der Waals surface area contributed by atoms with Crippen LogP contribution in [0.25, 0.3) is 10.9 Å². The summed E-state index contributed by atoms with van der Waals surface area (Å²) in [6, 6.07) is 12.9.